The number of nitrogens with one attached hydrogen (secondary N) is 3. The number of amides is 5. The highest BCUT2D eigenvalue weighted by Gasteiger charge is 2.33. The molecule has 0 aliphatic carbocycles. The number of rotatable bonds is 6. The van der Waals surface area contributed by atoms with Crippen molar-refractivity contribution in [1.29, 1.82) is 0 Å². The molecule has 0 saturated carbocycles. The molecule has 0 aromatic heterocycles. The molecule has 1 heterocycles. The summed E-state index contributed by atoms with van der Waals surface area (Å²) in [5, 5.41) is 8.30. The second-order valence-electron chi connectivity index (χ2n) is 11.0. The van der Waals surface area contributed by atoms with Crippen LogP contribution in [0.25, 0.3) is 0 Å². The van der Waals surface area contributed by atoms with Gasteiger partial charge in [0.25, 0.3) is 0 Å². The minimum Gasteiger partial charge on any atom is -0.353 e. The van der Waals surface area contributed by atoms with E-state index >= 15 is 0 Å². The van der Waals surface area contributed by atoms with Gasteiger partial charge < -0.3 is 25.8 Å². The van der Waals surface area contributed by atoms with E-state index in [1.807, 2.05) is 44.2 Å². The summed E-state index contributed by atoms with van der Waals surface area (Å²) >= 11 is 0. The highest BCUT2D eigenvalue weighted by Crippen LogP contribution is 2.12. The molecular weight excluding hydrogens is 541 g/mol. The fourth-order valence-corrected chi connectivity index (χ4v) is 4.69. The summed E-state index contributed by atoms with van der Waals surface area (Å²) in [6, 6.07) is 11.9. The molecule has 0 bridgehead atoms. The van der Waals surface area contributed by atoms with Gasteiger partial charge in [-0.2, -0.15) is 0 Å². The number of benzene rings is 2. The predicted octanol–water partition coefficient (Wildman–Crippen LogP) is 1.43. The second kappa shape index (κ2) is 15.1. The van der Waals surface area contributed by atoms with E-state index < -0.39 is 53.5 Å². The Kier molecular flexibility index (Phi) is 11.6. The van der Waals surface area contributed by atoms with Crippen LogP contribution >= 0.6 is 0 Å². The second-order valence-corrected chi connectivity index (χ2v) is 11.0. The zero-order chi connectivity index (χ0) is 30.8. The monoisotopic (exact) mass is 581 g/mol. The topological polar surface area (TPSA) is 128 Å². The lowest BCUT2D eigenvalue weighted by atomic mass is 10.0. The highest BCUT2D eigenvalue weighted by molar-refractivity contribution is 5.95. The third-order valence-electron chi connectivity index (χ3n) is 7.20. The number of halogens is 1. The molecule has 1 saturated heterocycles. The van der Waals surface area contributed by atoms with E-state index in [1.165, 1.54) is 41.1 Å². The Bertz CT molecular complexity index is 1250. The van der Waals surface area contributed by atoms with Gasteiger partial charge in [-0.05, 0) is 42.5 Å². The average Bonchev–Trinajstić information content (AvgIpc) is 2.95. The maximum absolute atomic E-state index is 13.5. The first-order valence-corrected chi connectivity index (χ1v) is 14.1. The molecule has 11 heteroatoms. The van der Waals surface area contributed by atoms with Crippen molar-refractivity contribution in [3.05, 3.63) is 71.5 Å². The van der Waals surface area contributed by atoms with Crippen LogP contribution in [-0.4, -0.2) is 84.1 Å². The third kappa shape index (κ3) is 9.39. The van der Waals surface area contributed by atoms with Crippen molar-refractivity contribution in [1.82, 2.24) is 25.8 Å². The third-order valence-corrected chi connectivity index (χ3v) is 7.20. The average molecular weight is 582 g/mol. The molecule has 10 nitrogen and oxygen atoms in total. The first-order chi connectivity index (χ1) is 19.9. The van der Waals surface area contributed by atoms with Crippen LogP contribution in [-0.2, 0) is 36.8 Å². The van der Waals surface area contributed by atoms with E-state index in [0.717, 1.165) is 5.56 Å². The van der Waals surface area contributed by atoms with Gasteiger partial charge in [0.05, 0.1) is 13.0 Å². The quantitative estimate of drug-likeness (QED) is 0.476. The maximum Gasteiger partial charge on any atom is 0.245 e. The van der Waals surface area contributed by atoms with Crippen LogP contribution in [0.15, 0.2) is 54.6 Å². The molecule has 1 aliphatic heterocycles. The smallest absolute Gasteiger partial charge is 0.245 e. The zero-order valence-electron chi connectivity index (χ0n) is 24.6. The molecule has 5 amide bonds. The molecule has 1 aliphatic rings. The van der Waals surface area contributed by atoms with Crippen LogP contribution in [0.2, 0.25) is 0 Å². The van der Waals surface area contributed by atoms with Crippen LogP contribution < -0.4 is 16.0 Å². The van der Waals surface area contributed by atoms with Gasteiger partial charge in [-0.1, -0.05) is 56.3 Å². The summed E-state index contributed by atoms with van der Waals surface area (Å²) in [5.74, 6) is -2.76. The lowest BCUT2D eigenvalue weighted by molar-refractivity contribution is -0.142. The Balaban J connectivity index is 1.90. The minimum atomic E-state index is -0.939. The highest BCUT2D eigenvalue weighted by atomic mass is 19.1. The molecule has 42 heavy (non-hydrogen) atoms. The van der Waals surface area contributed by atoms with Crippen LogP contribution in [0.3, 0.4) is 0 Å². The van der Waals surface area contributed by atoms with Crippen LogP contribution in [0.5, 0.6) is 0 Å². The van der Waals surface area contributed by atoms with Gasteiger partial charge in [0.15, 0.2) is 0 Å². The summed E-state index contributed by atoms with van der Waals surface area (Å²) < 4.78 is 13.4. The molecule has 0 unspecified atom stereocenters. The normalized spacial score (nSPS) is 21.2. The number of hydrogen-bond acceptors (Lipinski definition) is 5. The predicted molar refractivity (Wildman–Crippen MR) is 155 cm³/mol. The Morgan fingerprint density at radius 2 is 1.60 bits per heavy atom. The number of likely N-dealkylation sites (N-methyl/N-ethyl adjacent to an activating group) is 1. The SMILES string of the molecule is CC(C)C[C@@H]1NC(=O)CN(C(=O)Cc2ccc(F)cc2)CCNC(=O)[C@H](Cc2ccccc2)NC(=O)[C@H](C)N(C)C1=O. The van der Waals surface area contributed by atoms with E-state index in [-0.39, 0.29) is 38.4 Å². The van der Waals surface area contributed by atoms with E-state index in [4.69, 9.17) is 0 Å². The van der Waals surface area contributed by atoms with Crippen molar-refractivity contribution in [3.8, 4) is 0 Å². The Hall–Kier alpha value is -4.28. The summed E-state index contributed by atoms with van der Waals surface area (Å²) in [6.45, 7) is 5.06. The van der Waals surface area contributed by atoms with E-state index in [2.05, 4.69) is 16.0 Å². The van der Waals surface area contributed by atoms with Gasteiger partial charge >= 0.3 is 0 Å². The van der Waals surface area contributed by atoms with Crippen molar-refractivity contribution in [2.75, 3.05) is 26.7 Å². The maximum atomic E-state index is 13.5. The molecular formula is C31H40FN5O5. The Morgan fingerprint density at radius 1 is 0.929 bits per heavy atom. The first-order valence-electron chi connectivity index (χ1n) is 14.1. The molecule has 1 fully saturated rings. The van der Waals surface area contributed by atoms with Crippen molar-refractivity contribution in [2.24, 2.45) is 5.92 Å². The summed E-state index contributed by atoms with van der Waals surface area (Å²) in [6.07, 6.45) is 0.457. The molecule has 0 radical (unpaired) electrons. The van der Waals surface area contributed by atoms with E-state index in [9.17, 15) is 28.4 Å². The van der Waals surface area contributed by atoms with Gasteiger partial charge in [-0.15, -0.1) is 0 Å². The van der Waals surface area contributed by atoms with Crippen molar-refractivity contribution in [3.63, 3.8) is 0 Å². The number of carbonyl (C=O) groups excluding carboxylic acids is 5. The Morgan fingerprint density at radius 3 is 2.24 bits per heavy atom. The number of hydrogen-bond donors (Lipinski definition) is 3. The first kappa shape index (κ1) is 32.2. The summed E-state index contributed by atoms with van der Waals surface area (Å²) in [5.41, 5.74) is 1.40. The molecule has 3 rings (SSSR count). The van der Waals surface area contributed by atoms with Crippen molar-refractivity contribution in [2.45, 2.75) is 58.2 Å². The summed E-state index contributed by atoms with van der Waals surface area (Å²) in [7, 11) is 1.48. The molecule has 2 aromatic carbocycles. The lowest BCUT2D eigenvalue weighted by Gasteiger charge is -2.30. The van der Waals surface area contributed by atoms with Crippen LogP contribution in [0.4, 0.5) is 4.39 Å². The van der Waals surface area contributed by atoms with Gasteiger partial charge in [0, 0.05) is 26.6 Å². The van der Waals surface area contributed by atoms with Gasteiger partial charge in [-0.3, -0.25) is 24.0 Å². The molecule has 0 spiro atoms. The van der Waals surface area contributed by atoms with Gasteiger partial charge in [0.2, 0.25) is 29.5 Å². The zero-order valence-corrected chi connectivity index (χ0v) is 24.6. The fraction of sp³-hybridized carbons (Fsp3) is 0.452. The minimum absolute atomic E-state index is 0.00426. The molecule has 3 N–H and O–H groups in total. The van der Waals surface area contributed by atoms with E-state index in [0.29, 0.717) is 12.0 Å². The van der Waals surface area contributed by atoms with Crippen molar-refractivity contribution < 1.29 is 28.4 Å². The van der Waals surface area contributed by atoms with E-state index in [1.54, 1.807) is 6.92 Å². The number of nitrogens with zero attached hydrogens (tertiary/aromatic N) is 2. The summed E-state index contributed by atoms with van der Waals surface area (Å²) in [4.78, 5) is 68.9. The van der Waals surface area contributed by atoms with Crippen LogP contribution in [0, 0.1) is 11.7 Å². The molecule has 2 aromatic rings. The fourth-order valence-electron chi connectivity index (χ4n) is 4.69. The van der Waals surface area contributed by atoms with Crippen molar-refractivity contribution >= 4 is 29.5 Å². The standard InChI is InChI=1S/C31H40FN5O5/c1-20(2)16-26-31(42)36(4)21(3)29(40)35-25(17-22-8-6-5-7-9-22)30(41)33-14-15-37(19-27(38)34-26)28(39)18-23-10-12-24(32)13-11-23/h5-13,20-21,25-26H,14-19H2,1-4H3,(H,33,41)(H,34,38)(H,35,40)/t21-,25-,26-/m0/s1. The lowest BCUT2D eigenvalue weighted by Crippen LogP contribution is -2.57. The Labute approximate surface area is 246 Å². The van der Waals surface area contributed by atoms with Gasteiger partial charge in [0.1, 0.15) is 23.9 Å². The largest absolute Gasteiger partial charge is 0.353 e. The number of carbonyl (C=O) groups is 5. The van der Waals surface area contributed by atoms with Gasteiger partial charge in [-0.25, -0.2) is 4.39 Å². The van der Waals surface area contributed by atoms with Crippen LogP contribution in [0.1, 0.15) is 38.3 Å². The molecule has 226 valence electrons. The molecule has 3 atom stereocenters.